The summed E-state index contributed by atoms with van der Waals surface area (Å²) in [7, 11) is 0. The molecule has 5 nitrogen and oxygen atoms in total. The van der Waals surface area contributed by atoms with Gasteiger partial charge in [-0.15, -0.1) is 0 Å². The average molecular weight is 263 g/mol. The quantitative estimate of drug-likeness (QED) is 0.864. The Morgan fingerprint density at radius 1 is 1.42 bits per heavy atom. The molecule has 1 atom stereocenters. The van der Waals surface area contributed by atoms with Crippen molar-refractivity contribution in [3.63, 3.8) is 0 Å². The summed E-state index contributed by atoms with van der Waals surface area (Å²) < 4.78 is 7.23. The number of aromatic nitrogens is 1. The van der Waals surface area contributed by atoms with E-state index in [1.807, 2.05) is 31.2 Å². The number of aliphatic hydroxyl groups is 1. The number of carbonyl (C=O) groups is 1. The van der Waals surface area contributed by atoms with Gasteiger partial charge in [0.25, 0.3) is 0 Å². The predicted molar refractivity (Wildman–Crippen MR) is 71.4 cm³/mol. The number of ether oxygens (including phenoxy) is 1. The molecule has 0 saturated heterocycles. The zero-order chi connectivity index (χ0) is 14.0. The number of hydrogen-bond acceptors (Lipinski definition) is 3. The van der Waals surface area contributed by atoms with E-state index in [2.05, 4.69) is 0 Å². The molecule has 0 radical (unpaired) electrons. The summed E-state index contributed by atoms with van der Waals surface area (Å²) >= 11 is 0. The highest BCUT2D eigenvalue weighted by molar-refractivity contribution is 5.86. The van der Waals surface area contributed by atoms with Gasteiger partial charge in [0.2, 0.25) is 0 Å². The summed E-state index contributed by atoms with van der Waals surface area (Å²) in [4.78, 5) is 11.0. The molecular weight excluding hydrogens is 246 g/mol. The summed E-state index contributed by atoms with van der Waals surface area (Å²) in [5.41, 5.74) is -0.958. The van der Waals surface area contributed by atoms with Crippen LogP contribution in [-0.2, 0) is 11.3 Å². The Morgan fingerprint density at radius 3 is 2.79 bits per heavy atom. The summed E-state index contributed by atoms with van der Waals surface area (Å²) in [6, 6.07) is 7.44. The molecule has 0 spiro atoms. The molecule has 0 fully saturated rings. The molecule has 0 aliphatic heterocycles. The monoisotopic (exact) mass is 263 g/mol. The SMILES string of the molecule is CCOc1cccc2c1ccn2CC(C)(O)C(=O)O. The van der Waals surface area contributed by atoms with E-state index in [1.54, 1.807) is 10.8 Å². The van der Waals surface area contributed by atoms with E-state index < -0.39 is 11.6 Å². The van der Waals surface area contributed by atoms with Crippen molar-refractivity contribution < 1.29 is 19.7 Å². The number of carboxylic acid groups (broad SMARTS) is 1. The van der Waals surface area contributed by atoms with Gasteiger partial charge in [-0.05, 0) is 32.0 Å². The molecule has 2 N–H and O–H groups in total. The Kier molecular flexibility index (Phi) is 3.48. The van der Waals surface area contributed by atoms with Crippen LogP contribution in [0.3, 0.4) is 0 Å². The van der Waals surface area contributed by atoms with Crippen LogP contribution >= 0.6 is 0 Å². The van der Waals surface area contributed by atoms with Gasteiger partial charge in [-0.3, -0.25) is 0 Å². The number of fused-ring (bicyclic) bond motifs is 1. The zero-order valence-corrected chi connectivity index (χ0v) is 11.0. The smallest absolute Gasteiger partial charge is 0.337 e. The van der Waals surface area contributed by atoms with E-state index in [1.165, 1.54) is 6.92 Å². The number of hydrogen-bond donors (Lipinski definition) is 2. The summed E-state index contributed by atoms with van der Waals surface area (Å²) in [5, 5.41) is 19.7. The van der Waals surface area contributed by atoms with Gasteiger partial charge in [0.15, 0.2) is 5.60 Å². The van der Waals surface area contributed by atoms with E-state index in [4.69, 9.17) is 9.84 Å². The number of aliphatic carboxylic acids is 1. The second-order valence-electron chi connectivity index (χ2n) is 4.64. The Morgan fingerprint density at radius 2 is 2.16 bits per heavy atom. The Bertz CT molecular complexity index is 601. The lowest BCUT2D eigenvalue weighted by molar-refractivity contribution is -0.157. The minimum Gasteiger partial charge on any atom is -0.493 e. The third kappa shape index (κ3) is 2.56. The van der Waals surface area contributed by atoms with Crippen LogP contribution in [0.5, 0.6) is 5.75 Å². The maximum absolute atomic E-state index is 11.0. The first-order valence-corrected chi connectivity index (χ1v) is 6.12. The first-order chi connectivity index (χ1) is 8.95. The molecule has 1 unspecified atom stereocenters. The maximum Gasteiger partial charge on any atom is 0.337 e. The molecule has 19 heavy (non-hydrogen) atoms. The molecule has 5 heteroatoms. The normalized spacial score (nSPS) is 14.3. The highest BCUT2D eigenvalue weighted by Crippen LogP contribution is 2.27. The summed E-state index contributed by atoms with van der Waals surface area (Å²) in [6.45, 7) is 3.75. The van der Waals surface area contributed by atoms with Crippen molar-refractivity contribution in [3.8, 4) is 5.75 Å². The van der Waals surface area contributed by atoms with Crippen LogP contribution < -0.4 is 4.74 Å². The van der Waals surface area contributed by atoms with Gasteiger partial charge >= 0.3 is 5.97 Å². The molecule has 102 valence electrons. The van der Waals surface area contributed by atoms with Crippen LogP contribution in [0.4, 0.5) is 0 Å². The van der Waals surface area contributed by atoms with Gasteiger partial charge in [-0.1, -0.05) is 6.07 Å². The zero-order valence-electron chi connectivity index (χ0n) is 11.0. The standard InChI is InChI=1S/C14H17NO4/c1-3-19-12-6-4-5-11-10(12)7-8-15(11)9-14(2,18)13(16)17/h4-8,18H,3,9H2,1-2H3,(H,16,17). The van der Waals surface area contributed by atoms with E-state index in [0.29, 0.717) is 6.61 Å². The largest absolute Gasteiger partial charge is 0.493 e. The van der Waals surface area contributed by atoms with Crippen LogP contribution in [0.2, 0.25) is 0 Å². The fourth-order valence-electron chi connectivity index (χ4n) is 2.01. The molecule has 1 aromatic carbocycles. The van der Waals surface area contributed by atoms with Crippen molar-refractivity contribution in [2.45, 2.75) is 26.0 Å². The highest BCUT2D eigenvalue weighted by atomic mass is 16.5. The van der Waals surface area contributed by atoms with E-state index >= 15 is 0 Å². The first kappa shape index (κ1) is 13.4. The van der Waals surface area contributed by atoms with E-state index in [-0.39, 0.29) is 6.54 Å². The predicted octanol–water partition coefficient (Wildman–Crippen LogP) is 1.88. The maximum atomic E-state index is 11.0. The van der Waals surface area contributed by atoms with Gasteiger partial charge in [0, 0.05) is 11.6 Å². The number of carboxylic acids is 1. The lowest BCUT2D eigenvalue weighted by Gasteiger charge is -2.19. The lowest BCUT2D eigenvalue weighted by Crippen LogP contribution is -2.39. The van der Waals surface area contributed by atoms with Gasteiger partial charge in [-0.2, -0.15) is 0 Å². The molecular formula is C14H17NO4. The van der Waals surface area contributed by atoms with Crippen molar-refractivity contribution in [1.82, 2.24) is 4.57 Å². The number of benzene rings is 1. The fraction of sp³-hybridized carbons (Fsp3) is 0.357. The number of nitrogens with zero attached hydrogens (tertiary/aromatic N) is 1. The number of rotatable bonds is 5. The van der Waals surface area contributed by atoms with Crippen molar-refractivity contribution in [3.05, 3.63) is 30.5 Å². The third-order valence-corrected chi connectivity index (χ3v) is 3.01. The van der Waals surface area contributed by atoms with Crippen molar-refractivity contribution in [2.75, 3.05) is 6.61 Å². The lowest BCUT2D eigenvalue weighted by atomic mass is 10.1. The van der Waals surface area contributed by atoms with E-state index in [0.717, 1.165) is 16.7 Å². The molecule has 0 aliphatic rings. The minimum atomic E-state index is -1.80. The molecule has 2 rings (SSSR count). The summed E-state index contributed by atoms with van der Waals surface area (Å²) in [5.74, 6) is -0.482. The molecule has 1 heterocycles. The van der Waals surface area contributed by atoms with Crippen LogP contribution in [0.15, 0.2) is 30.5 Å². The van der Waals surface area contributed by atoms with Crippen molar-refractivity contribution in [1.29, 1.82) is 0 Å². The average Bonchev–Trinajstić information content (AvgIpc) is 2.73. The second kappa shape index (κ2) is 4.93. The van der Waals surface area contributed by atoms with E-state index in [9.17, 15) is 9.90 Å². The van der Waals surface area contributed by atoms with Gasteiger partial charge in [0.1, 0.15) is 5.75 Å². The van der Waals surface area contributed by atoms with Gasteiger partial charge < -0.3 is 19.5 Å². The third-order valence-electron chi connectivity index (χ3n) is 3.01. The fourth-order valence-corrected chi connectivity index (χ4v) is 2.01. The first-order valence-electron chi connectivity index (χ1n) is 6.12. The molecule has 0 aliphatic carbocycles. The van der Waals surface area contributed by atoms with Crippen LogP contribution in [-0.4, -0.2) is 33.0 Å². The highest BCUT2D eigenvalue weighted by Gasteiger charge is 2.30. The Balaban J connectivity index is 2.41. The molecule has 2 aromatic rings. The van der Waals surface area contributed by atoms with Crippen LogP contribution in [0, 0.1) is 0 Å². The Hall–Kier alpha value is -2.01. The molecule has 0 amide bonds. The Labute approximate surface area is 111 Å². The van der Waals surface area contributed by atoms with Crippen LogP contribution in [0.25, 0.3) is 10.9 Å². The second-order valence-corrected chi connectivity index (χ2v) is 4.64. The molecule has 0 saturated carbocycles. The van der Waals surface area contributed by atoms with Crippen molar-refractivity contribution in [2.24, 2.45) is 0 Å². The van der Waals surface area contributed by atoms with Gasteiger partial charge in [0.05, 0.1) is 18.7 Å². The topological polar surface area (TPSA) is 71.7 Å². The summed E-state index contributed by atoms with van der Waals surface area (Å²) in [6.07, 6.45) is 1.75. The van der Waals surface area contributed by atoms with Crippen LogP contribution in [0.1, 0.15) is 13.8 Å². The van der Waals surface area contributed by atoms with Crippen molar-refractivity contribution >= 4 is 16.9 Å². The van der Waals surface area contributed by atoms with Gasteiger partial charge in [-0.25, -0.2) is 4.79 Å². The molecule has 0 bridgehead atoms. The molecule has 1 aromatic heterocycles. The minimum absolute atomic E-state index is 0.0125.